The smallest absolute Gasteiger partial charge is 0.0124 e. The number of hydrogen-bond acceptors (Lipinski definition) is 0. The Bertz CT molecular complexity index is 151. The fourth-order valence-electron chi connectivity index (χ4n) is 0.935. The maximum atomic E-state index is 3.79. The topological polar surface area (TPSA) is 0 Å². The highest BCUT2D eigenvalue weighted by Crippen LogP contribution is 2.04. The second-order valence-corrected chi connectivity index (χ2v) is 2.87. The average molecular weight is 164 g/mol. The number of allylic oxidation sites excluding steroid dienone is 5. The maximum Gasteiger partial charge on any atom is 0.0124 e. The molecule has 0 saturated heterocycles. The normalized spacial score (nSPS) is 14.2. The van der Waals surface area contributed by atoms with Gasteiger partial charge in [0.05, 0.1) is 0 Å². The molecule has 0 aromatic carbocycles. The Morgan fingerprint density at radius 1 is 1.17 bits per heavy atom. The molecule has 0 aliphatic carbocycles. The molecular weight excluding hydrogens is 144 g/mol. The van der Waals surface area contributed by atoms with E-state index < -0.39 is 0 Å². The summed E-state index contributed by atoms with van der Waals surface area (Å²) in [6.45, 7) is 8.13. The Kier molecular flexibility index (Phi) is 7.78. The van der Waals surface area contributed by atoms with Crippen molar-refractivity contribution in [1.29, 1.82) is 0 Å². The van der Waals surface area contributed by atoms with Gasteiger partial charge in [-0.2, -0.15) is 0 Å². The molecule has 1 atom stereocenters. The molecule has 68 valence electrons. The Labute approximate surface area is 76.7 Å². The highest BCUT2D eigenvalue weighted by atomic mass is 13.9. The molecule has 0 amide bonds. The molecule has 0 heteroatoms. The minimum absolute atomic E-state index is 0.427. The van der Waals surface area contributed by atoms with Gasteiger partial charge in [0.2, 0.25) is 0 Å². The van der Waals surface area contributed by atoms with Crippen LogP contribution in [0.25, 0.3) is 0 Å². The predicted octanol–water partition coefficient (Wildman–Crippen LogP) is 4.11. The van der Waals surface area contributed by atoms with Crippen molar-refractivity contribution < 1.29 is 0 Å². The van der Waals surface area contributed by atoms with E-state index in [4.69, 9.17) is 0 Å². The van der Waals surface area contributed by atoms with Crippen molar-refractivity contribution in [3.8, 4) is 0 Å². The maximum absolute atomic E-state index is 3.79. The highest BCUT2D eigenvalue weighted by molar-refractivity contribution is 5.07. The van der Waals surface area contributed by atoms with E-state index in [0.29, 0.717) is 5.92 Å². The summed E-state index contributed by atoms with van der Waals surface area (Å²) >= 11 is 0. The first-order chi connectivity index (χ1) is 5.85. The SMILES string of the molecule is C=CC(C=CCC)C=CCCC. The molecule has 0 spiro atoms. The van der Waals surface area contributed by atoms with E-state index >= 15 is 0 Å². The van der Waals surface area contributed by atoms with Gasteiger partial charge in [0.25, 0.3) is 0 Å². The van der Waals surface area contributed by atoms with Crippen LogP contribution in [-0.4, -0.2) is 0 Å². The lowest BCUT2D eigenvalue weighted by atomic mass is 10.1. The lowest BCUT2D eigenvalue weighted by molar-refractivity contribution is 0.939. The van der Waals surface area contributed by atoms with Crippen molar-refractivity contribution in [3.63, 3.8) is 0 Å². The number of unbranched alkanes of at least 4 members (excludes halogenated alkanes) is 1. The Balaban J connectivity index is 3.81. The summed E-state index contributed by atoms with van der Waals surface area (Å²) in [5.41, 5.74) is 0. The van der Waals surface area contributed by atoms with E-state index in [-0.39, 0.29) is 0 Å². The summed E-state index contributed by atoms with van der Waals surface area (Å²) < 4.78 is 0. The summed E-state index contributed by atoms with van der Waals surface area (Å²) in [6, 6.07) is 0. The fraction of sp³-hybridized carbons (Fsp3) is 0.500. The van der Waals surface area contributed by atoms with Crippen LogP contribution in [0.2, 0.25) is 0 Å². The average Bonchev–Trinajstić information content (AvgIpc) is 2.11. The second kappa shape index (κ2) is 8.32. The molecule has 0 heterocycles. The van der Waals surface area contributed by atoms with E-state index in [2.05, 4.69) is 44.7 Å². The molecule has 0 aliphatic rings. The third kappa shape index (κ3) is 5.96. The van der Waals surface area contributed by atoms with Crippen molar-refractivity contribution in [2.45, 2.75) is 33.1 Å². The predicted molar refractivity (Wildman–Crippen MR) is 57.2 cm³/mol. The zero-order valence-corrected chi connectivity index (χ0v) is 8.29. The molecule has 0 aromatic heterocycles. The largest absolute Gasteiger partial charge is 0.102 e. The van der Waals surface area contributed by atoms with Gasteiger partial charge in [-0.3, -0.25) is 0 Å². The monoisotopic (exact) mass is 164 g/mol. The molecule has 12 heavy (non-hydrogen) atoms. The first-order valence-electron chi connectivity index (χ1n) is 4.81. The first kappa shape index (κ1) is 11.2. The van der Waals surface area contributed by atoms with Crippen LogP contribution >= 0.6 is 0 Å². The Morgan fingerprint density at radius 3 is 2.33 bits per heavy atom. The van der Waals surface area contributed by atoms with Crippen LogP contribution in [0.4, 0.5) is 0 Å². The van der Waals surface area contributed by atoms with E-state index in [1.165, 1.54) is 12.8 Å². The standard InChI is InChI=1S/C12H20/c1-4-7-9-11-12(6-3)10-8-5-2/h6,8-12H,3-5,7H2,1-2H3. The minimum atomic E-state index is 0.427. The summed E-state index contributed by atoms with van der Waals surface area (Å²) in [7, 11) is 0. The molecule has 0 radical (unpaired) electrons. The molecule has 0 nitrogen and oxygen atoms in total. The Morgan fingerprint density at radius 2 is 1.83 bits per heavy atom. The first-order valence-corrected chi connectivity index (χ1v) is 4.81. The van der Waals surface area contributed by atoms with Gasteiger partial charge >= 0.3 is 0 Å². The van der Waals surface area contributed by atoms with Gasteiger partial charge in [-0.25, -0.2) is 0 Å². The van der Waals surface area contributed by atoms with Crippen molar-refractivity contribution in [2.24, 2.45) is 5.92 Å². The third-order valence-corrected chi connectivity index (χ3v) is 1.68. The molecule has 1 unspecified atom stereocenters. The van der Waals surface area contributed by atoms with Crippen LogP contribution in [0, 0.1) is 5.92 Å². The molecule has 0 aromatic rings. The van der Waals surface area contributed by atoms with E-state index in [1.807, 2.05) is 6.08 Å². The Hall–Kier alpha value is -0.780. The van der Waals surface area contributed by atoms with Crippen LogP contribution < -0.4 is 0 Å². The molecule has 0 bridgehead atoms. The van der Waals surface area contributed by atoms with Crippen molar-refractivity contribution in [1.82, 2.24) is 0 Å². The van der Waals surface area contributed by atoms with Crippen LogP contribution in [0.1, 0.15) is 33.1 Å². The summed E-state index contributed by atoms with van der Waals surface area (Å²) in [6.07, 6.45) is 14.3. The van der Waals surface area contributed by atoms with Gasteiger partial charge in [-0.05, 0) is 12.8 Å². The van der Waals surface area contributed by atoms with Crippen LogP contribution in [-0.2, 0) is 0 Å². The third-order valence-electron chi connectivity index (χ3n) is 1.68. The zero-order chi connectivity index (χ0) is 9.23. The molecule has 0 rings (SSSR count). The van der Waals surface area contributed by atoms with Gasteiger partial charge in [0.1, 0.15) is 0 Å². The summed E-state index contributed by atoms with van der Waals surface area (Å²) in [5, 5.41) is 0. The van der Waals surface area contributed by atoms with Crippen molar-refractivity contribution in [2.75, 3.05) is 0 Å². The van der Waals surface area contributed by atoms with Gasteiger partial charge in [-0.1, -0.05) is 50.6 Å². The van der Waals surface area contributed by atoms with E-state index in [1.54, 1.807) is 0 Å². The van der Waals surface area contributed by atoms with Gasteiger partial charge in [0, 0.05) is 5.92 Å². The van der Waals surface area contributed by atoms with Crippen molar-refractivity contribution >= 4 is 0 Å². The van der Waals surface area contributed by atoms with Crippen LogP contribution in [0.15, 0.2) is 37.0 Å². The van der Waals surface area contributed by atoms with Gasteiger partial charge in [0.15, 0.2) is 0 Å². The van der Waals surface area contributed by atoms with Crippen LogP contribution in [0.3, 0.4) is 0 Å². The van der Waals surface area contributed by atoms with Gasteiger partial charge < -0.3 is 0 Å². The molecule has 0 fully saturated rings. The highest BCUT2D eigenvalue weighted by Gasteiger charge is 1.89. The zero-order valence-electron chi connectivity index (χ0n) is 8.29. The van der Waals surface area contributed by atoms with E-state index in [9.17, 15) is 0 Å². The summed E-state index contributed by atoms with van der Waals surface area (Å²) in [5.74, 6) is 0.427. The summed E-state index contributed by atoms with van der Waals surface area (Å²) in [4.78, 5) is 0. The van der Waals surface area contributed by atoms with E-state index in [0.717, 1.165) is 6.42 Å². The van der Waals surface area contributed by atoms with Crippen molar-refractivity contribution in [3.05, 3.63) is 37.0 Å². The van der Waals surface area contributed by atoms with Crippen LogP contribution in [0.5, 0.6) is 0 Å². The van der Waals surface area contributed by atoms with Gasteiger partial charge in [-0.15, -0.1) is 6.58 Å². The number of hydrogen-bond donors (Lipinski definition) is 0. The lowest BCUT2D eigenvalue weighted by Gasteiger charge is -1.98. The molecule has 0 aliphatic heterocycles. The molecule has 0 N–H and O–H groups in total. The molecule has 0 saturated carbocycles. The quantitative estimate of drug-likeness (QED) is 0.518. The molecular formula is C12H20. The fourth-order valence-corrected chi connectivity index (χ4v) is 0.935. The number of rotatable bonds is 6. The minimum Gasteiger partial charge on any atom is -0.102 e. The lowest BCUT2D eigenvalue weighted by Crippen LogP contribution is -1.83. The second-order valence-electron chi connectivity index (χ2n) is 2.87.